The molecule has 1 heterocycles. The van der Waals surface area contributed by atoms with Crippen LogP contribution in [0.2, 0.25) is 0 Å². The van der Waals surface area contributed by atoms with Gasteiger partial charge in [-0.25, -0.2) is 4.39 Å². The van der Waals surface area contributed by atoms with E-state index < -0.39 is 6.36 Å². The van der Waals surface area contributed by atoms with Crippen LogP contribution < -0.4 is 4.90 Å². The van der Waals surface area contributed by atoms with Gasteiger partial charge in [0, 0.05) is 12.2 Å². The van der Waals surface area contributed by atoms with Gasteiger partial charge in [-0.15, -0.1) is 0 Å². The zero-order valence-corrected chi connectivity index (χ0v) is 7.24. The van der Waals surface area contributed by atoms with Crippen LogP contribution >= 0.6 is 0 Å². The molecule has 1 aromatic rings. The predicted molar refractivity (Wildman–Crippen MR) is 48.3 cm³/mol. The summed E-state index contributed by atoms with van der Waals surface area (Å²) in [6.07, 6.45) is -1.15. The molecule has 1 atom stereocenters. The van der Waals surface area contributed by atoms with E-state index in [1.54, 1.807) is 0 Å². The first kappa shape index (κ1) is 8.51. The second kappa shape index (κ2) is 3.75. The van der Waals surface area contributed by atoms with Crippen LogP contribution in [0.1, 0.15) is 0 Å². The molecule has 0 saturated carbocycles. The number of benzene rings is 1. The Morgan fingerprint density at radius 1 is 1.46 bits per heavy atom. The summed E-state index contributed by atoms with van der Waals surface area (Å²) in [6, 6.07) is 10.5. The zero-order valence-electron chi connectivity index (χ0n) is 7.24. The molecule has 1 unspecified atom stereocenters. The second-order valence-electron chi connectivity index (χ2n) is 2.99. The fraction of sp³-hybridized carbons (Fsp3) is 0.400. The minimum Gasteiger partial charge on any atom is -0.364 e. The summed E-state index contributed by atoms with van der Waals surface area (Å²) < 4.78 is 17.7. The first-order valence-corrected chi connectivity index (χ1v) is 4.33. The summed E-state index contributed by atoms with van der Waals surface area (Å²) in [5.74, 6) is 0. The van der Waals surface area contributed by atoms with E-state index in [1.807, 2.05) is 29.2 Å². The van der Waals surface area contributed by atoms with Crippen LogP contribution in [-0.4, -0.2) is 26.1 Å². The Morgan fingerprint density at radius 2 is 2.23 bits per heavy atom. The fourth-order valence-corrected chi connectivity index (χ4v) is 1.43. The van der Waals surface area contributed by atoms with E-state index in [-0.39, 0.29) is 0 Å². The number of hydrogen-bond donors (Lipinski definition) is 0. The number of morpholine rings is 1. The van der Waals surface area contributed by atoms with Gasteiger partial charge in [-0.05, 0) is 18.2 Å². The molecule has 13 heavy (non-hydrogen) atoms. The lowest BCUT2D eigenvalue weighted by Gasteiger charge is -2.30. The number of hydrogen-bond acceptors (Lipinski definition) is 2. The molecular weight excluding hydrogens is 169 g/mol. The van der Waals surface area contributed by atoms with Crippen molar-refractivity contribution in [3.8, 4) is 0 Å². The van der Waals surface area contributed by atoms with Crippen molar-refractivity contribution in [3.63, 3.8) is 0 Å². The summed E-state index contributed by atoms with van der Waals surface area (Å²) in [7, 11) is 0. The number of halogens is 1. The van der Waals surface area contributed by atoms with E-state index in [2.05, 4.69) is 6.07 Å². The van der Waals surface area contributed by atoms with Gasteiger partial charge >= 0.3 is 0 Å². The van der Waals surface area contributed by atoms with Crippen molar-refractivity contribution in [3.05, 3.63) is 30.3 Å². The standard InChI is InChI=1S/C10H11FNO/c11-10-8-12(6-7-13-10)9-4-2-1-3-5-9/h2-5,10H,6-8H2. The van der Waals surface area contributed by atoms with Gasteiger partial charge in [0.2, 0.25) is 6.36 Å². The average molecular weight is 180 g/mol. The summed E-state index contributed by atoms with van der Waals surface area (Å²) in [4.78, 5) is 1.97. The van der Waals surface area contributed by atoms with Crippen molar-refractivity contribution in [1.82, 2.24) is 0 Å². The van der Waals surface area contributed by atoms with Crippen molar-refractivity contribution in [1.29, 1.82) is 0 Å². The quantitative estimate of drug-likeness (QED) is 0.651. The van der Waals surface area contributed by atoms with E-state index in [0.29, 0.717) is 13.2 Å². The molecule has 0 aromatic heterocycles. The fourth-order valence-electron chi connectivity index (χ4n) is 1.43. The molecule has 1 aliphatic rings. The minimum absolute atomic E-state index is 0.323. The summed E-state index contributed by atoms with van der Waals surface area (Å²) in [6.45, 7) is 1.54. The lowest BCUT2D eigenvalue weighted by atomic mass is 10.2. The molecule has 0 amide bonds. The van der Waals surface area contributed by atoms with Crippen LogP contribution in [0.4, 0.5) is 10.1 Å². The van der Waals surface area contributed by atoms with Crippen LogP contribution in [0.3, 0.4) is 0 Å². The Bertz CT molecular complexity index is 265. The largest absolute Gasteiger partial charge is 0.364 e. The number of anilines is 1. The third kappa shape index (κ3) is 1.98. The molecule has 1 fully saturated rings. The molecule has 1 saturated heterocycles. The van der Waals surface area contributed by atoms with Gasteiger partial charge in [-0.3, -0.25) is 0 Å². The van der Waals surface area contributed by atoms with Gasteiger partial charge in [0.25, 0.3) is 0 Å². The maximum Gasteiger partial charge on any atom is 0.216 e. The molecule has 0 aliphatic carbocycles. The maximum atomic E-state index is 12.8. The van der Waals surface area contributed by atoms with Gasteiger partial charge in [-0.1, -0.05) is 12.1 Å². The maximum absolute atomic E-state index is 12.8. The molecule has 2 nitrogen and oxygen atoms in total. The third-order valence-corrected chi connectivity index (χ3v) is 2.09. The van der Waals surface area contributed by atoms with Crippen LogP contribution in [0.25, 0.3) is 0 Å². The molecule has 3 heteroatoms. The normalized spacial score (nSPS) is 23.2. The Kier molecular flexibility index (Phi) is 2.45. The Labute approximate surface area is 76.9 Å². The minimum atomic E-state index is -1.15. The highest BCUT2D eigenvalue weighted by Crippen LogP contribution is 2.16. The molecule has 2 rings (SSSR count). The SMILES string of the molecule is FC1CN(c2cc[c]cc2)CCO1. The molecule has 69 valence electrons. The highest BCUT2D eigenvalue weighted by atomic mass is 19.1. The zero-order chi connectivity index (χ0) is 9.10. The molecule has 0 bridgehead atoms. The lowest BCUT2D eigenvalue weighted by Crippen LogP contribution is -2.40. The van der Waals surface area contributed by atoms with Gasteiger partial charge < -0.3 is 9.64 Å². The lowest BCUT2D eigenvalue weighted by molar-refractivity contribution is -0.0465. The predicted octanol–water partition coefficient (Wildman–Crippen LogP) is 1.62. The van der Waals surface area contributed by atoms with Crippen LogP contribution in [-0.2, 0) is 4.74 Å². The molecule has 0 spiro atoms. The highest BCUT2D eigenvalue weighted by Gasteiger charge is 2.19. The topological polar surface area (TPSA) is 12.5 Å². The molecule has 1 aliphatic heterocycles. The van der Waals surface area contributed by atoms with Crippen molar-refractivity contribution >= 4 is 5.69 Å². The van der Waals surface area contributed by atoms with E-state index in [0.717, 1.165) is 12.2 Å². The summed E-state index contributed by atoms with van der Waals surface area (Å²) in [5, 5.41) is 0. The Hall–Kier alpha value is -1.09. The number of rotatable bonds is 1. The number of ether oxygens (including phenoxy) is 1. The van der Waals surface area contributed by atoms with Gasteiger partial charge in [-0.2, -0.15) is 0 Å². The Morgan fingerprint density at radius 3 is 2.92 bits per heavy atom. The smallest absolute Gasteiger partial charge is 0.216 e. The highest BCUT2D eigenvalue weighted by molar-refractivity contribution is 5.45. The second-order valence-corrected chi connectivity index (χ2v) is 2.99. The molecule has 1 radical (unpaired) electrons. The Balaban J connectivity index is 2.08. The first-order chi connectivity index (χ1) is 6.36. The van der Waals surface area contributed by atoms with Crippen molar-refractivity contribution in [2.75, 3.05) is 24.6 Å². The van der Waals surface area contributed by atoms with Crippen molar-refractivity contribution in [2.45, 2.75) is 6.36 Å². The van der Waals surface area contributed by atoms with E-state index in [1.165, 1.54) is 0 Å². The van der Waals surface area contributed by atoms with E-state index >= 15 is 0 Å². The van der Waals surface area contributed by atoms with Crippen LogP contribution in [0, 0.1) is 6.07 Å². The van der Waals surface area contributed by atoms with E-state index in [9.17, 15) is 4.39 Å². The first-order valence-electron chi connectivity index (χ1n) is 4.33. The third-order valence-electron chi connectivity index (χ3n) is 2.09. The molecule has 0 N–H and O–H groups in total. The van der Waals surface area contributed by atoms with Crippen molar-refractivity contribution in [2.24, 2.45) is 0 Å². The summed E-state index contributed by atoms with van der Waals surface area (Å²) in [5.41, 5.74) is 1.03. The van der Waals surface area contributed by atoms with Crippen LogP contribution in [0.5, 0.6) is 0 Å². The van der Waals surface area contributed by atoms with Crippen molar-refractivity contribution < 1.29 is 9.13 Å². The summed E-state index contributed by atoms with van der Waals surface area (Å²) >= 11 is 0. The average Bonchev–Trinajstić information content (AvgIpc) is 2.19. The van der Waals surface area contributed by atoms with Gasteiger partial charge in [0.05, 0.1) is 13.2 Å². The van der Waals surface area contributed by atoms with Gasteiger partial charge in [0.1, 0.15) is 0 Å². The van der Waals surface area contributed by atoms with E-state index in [4.69, 9.17) is 4.74 Å². The monoisotopic (exact) mass is 180 g/mol. The number of nitrogens with zero attached hydrogens (tertiary/aromatic N) is 1. The molecule has 1 aromatic carbocycles. The van der Waals surface area contributed by atoms with Crippen LogP contribution in [0.15, 0.2) is 24.3 Å². The molecular formula is C10H11FNO. The number of alkyl halides is 1. The van der Waals surface area contributed by atoms with Gasteiger partial charge in [0.15, 0.2) is 0 Å².